The molecule has 4 nitrogen and oxygen atoms in total. The number of hydrogen-bond acceptors (Lipinski definition) is 3. The lowest BCUT2D eigenvalue weighted by Crippen LogP contribution is -2.43. The first-order valence-electron chi connectivity index (χ1n) is 9.57. The number of aryl methyl sites for hydroxylation is 1. The lowest BCUT2D eigenvalue weighted by atomic mass is 9.97. The molecule has 1 fully saturated rings. The van der Waals surface area contributed by atoms with Crippen LogP contribution in [0.1, 0.15) is 49.8 Å². The summed E-state index contributed by atoms with van der Waals surface area (Å²) < 4.78 is 0. The Bertz CT molecular complexity index is 489. The van der Waals surface area contributed by atoms with Gasteiger partial charge < -0.3 is 15.5 Å². The van der Waals surface area contributed by atoms with Crippen molar-refractivity contribution in [3.63, 3.8) is 0 Å². The molecule has 0 saturated carbocycles. The second-order valence-electron chi connectivity index (χ2n) is 6.58. The standard InChI is InChI=1S/C19H34N4S/c1-4-11-23-12-9-16(10-13-23)14-21-19(20-6-3)22-15-18-8-7-17(5-2)24-18/h7-8,16H,4-6,9-15H2,1-3H3,(H2,20,21,22). The van der Waals surface area contributed by atoms with E-state index in [9.17, 15) is 0 Å². The number of nitrogens with one attached hydrogen (secondary N) is 2. The van der Waals surface area contributed by atoms with Crippen molar-refractivity contribution in [2.24, 2.45) is 10.9 Å². The number of aliphatic imine (C=N–C) groups is 1. The van der Waals surface area contributed by atoms with Gasteiger partial charge in [0.25, 0.3) is 0 Å². The van der Waals surface area contributed by atoms with E-state index in [1.54, 1.807) is 0 Å². The molecule has 0 amide bonds. The SMILES string of the molecule is CCCN1CCC(CNC(=NCc2ccc(CC)s2)NCC)CC1. The van der Waals surface area contributed by atoms with E-state index < -0.39 is 0 Å². The summed E-state index contributed by atoms with van der Waals surface area (Å²) in [7, 11) is 0. The monoisotopic (exact) mass is 350 g/mol. The summed E-state index contributed by atoms with van der Waals surface area (Å²) >= 11 is 1.88. The zero-order valence-corrected chi connectivity index (χ0v) is 16.4. The number of guanidine groups is 1. The lowest BCUT2D eigenvalue weighted by molar-refractivity contribution is 0.185. The molecule has 2 heterocycles. The van der Waals surface area contributed by atoms with Crippen molar-refractivity contribution in [2.75, 3.05) is 32.7 Å². The Morgan fingerprint density at radius 3 is 2.54 bits per heavy atom. The molecule has 1 aromatic heterocycles. The van der Waals surface area contributed by atoms with Crippen LogP contribution in [-0.2, 0) is 13.0 Å². The topological polar surface area (TPSA) is 39.7 Å². The van der Waals surface area contributed by atoms with Crippen LogP contribution >= 0.6 is 11.3 Å². The van der Waals surface area contributed by atoms with Gasteiger partial charge in [0.15, 0.2) is 5.96 Å². The minimum Gasteiger partial charge on any atom is -0.357 e. The second-order valence-corrected chi connectivity index (χ2v) is 7.84. The number of nitrogens with zero attached hydrogens (tertiary/aromatic N) is 2. The van der Waals surface area contributed by atoms with Gasteiger partial charge in [-0.05, 0) is 70.3 Å². The number of piperidine rings is 1. The molecule has 2 N–H and O–H groups in total. The van der Waals surface area contributed by atoms with Crippen LogP contribution in [0.15, 0.2) is 17.1 Å². The maximum Gasteiger partial charge on any atom is 0.191 e. The van der Waals surface area contributed by atoms with E-state index in [1.807, 2.05) is 11.3 Å². The van der Waals surface area contributed by atoms with Gasteiger partial charge in [0, 0.05) is 22.8 Å². The molecule has 0 radical (unpaired) electrons. The van der Waals surface area contributed by atoms with E-state index in [1.165, 1.54) is 48.7 Å². The Morgan fingerprint density at radius 2 is 1.92 bits per heavy atom. The van der Waals surface area contributed by atoms with Crippen LogP contribution in [0.5, 0.6) is 0 Å². The fraction of sp³-hybridized carbons (Fsp3) is 0.737. The average Bonchev–Trinajstić information content (AvgIpc) is 3.07. The Balaban J connectivity index is 1.77. The summed E-state index contributed by atoms with van der Waals surface area (Å²) in [6.45, 7) is 13.1. The molecule has 0 aromatic carbocycles. The van der Waals surface area contributed by atoms with Crippen molar-refractivity contribution in [1.82, 2.24) is 15.5 Å². The Hall–Kier alpha value is -1.07. The van der Waals surface area contributed by atoms with Crippen LogP contribution in [0.4, 0.5) is 0 Å². The molecule has 0 atom stereocenters. The Morgan fingerprint density at radius 1 is 1.17 bits per heavy atom. The van der Waals surface area contributed by atoms with Gasteiger partial charge in [0.1, 0.15) is 0 Å². The van der Waals surface area contributed by atoms with Crippen molar-refractivity contribution >= 4 is 17.3 Å². The highest BCUT2D eigenvalue weighted by molar-refractivity contribution is 7.11. The number of rotatable bonds is 8. The highest BCUT2D eigenvalue weighted by atomic mass is 32.1. The molecule has 1 aliphatic rings. The van der Waals surface area contributed by atoms with Crippen molar-refractivity contribution in [2.45, 2.75) is 53.0 Å². The normalized spacial score (nSPS) is 17.2. The third-order valence-corrected chi connectivity index (χ3v) is 5.82. The van der Waals surface area contributed by atoms with Crippen molar-refractivity contribution < 1.29 is 0 Å². The van der Waals surface area contributed by atoms with E-state index in [-0.39, 0.29) is 0 Å². The largest absolute Gasteiger partial charge is 0.357 e. The van der Waals surface area contributed by atoms with Gasteiger partial charge in [-0.15, -0.1) is 11.3 Å². The molecular formula is C19H34N4S. The van der Waals surface area contributed by atoms with Gasteiger partial charge in [-0.3, -0.25) is 0 Å². The van der Waals surface area contributed by atoms with E-state index in [0.29, 0.717) is 0 Å². The van der Waals surface area contributed by atoms with Crippen LogP contribution in [-0.4, -0.2) is 43.6 Å². The van der Waals surface area contributed by atoms with Gasteiger partial charge in [-0.2, -0.15) is 0 Å². The minimum atomic E-state index is 0.773. The second kappa shape index (κ2) is 10.7. The molecule has 0 bridgehead atoms. The van der Waals surface area contributed by atoms with Crippen molar-refractivity contribution in [3.05, 3.63) is 21.9 Å². The quantitative estimate of drug-likeness (QED) is 0.557. The Labute approximate surface area is 151 Å². The lowest BCUT2D eigenvalue weighted by Gasteiger charge is -2.32. The fourth-order valence-electron chi connectivity index (χ4n) is 3.17. The molecular weight excluding hydrogens is 316 g/mol. The zero-order chi connectivity index (χ0) is 17.2. The van der Waals surface area contributed by atoms with Crippen LogP contribution in [0.2, 0.25) is 0 Å². The zero-order valence-electron chi connectivity index (χ0n) is 15.6. The molecule has 1 aliphatic heterocycles. The van der Waals surface area contributed by atoms with Crippen LogP contribution in [0.25, 0.3) is 0 Å². The van der Waals surface area contributed by atoms with Crippen LogP contribution in [0.3, 0.4) is 0 Å². The fourth-order valence-corrected chi connectivity index (χ4v) is 4.05. The number of likely N-dealkylation sites (tertiary alicyclic amines) is 1. The number of thiophene rings is 1. The molecule has 24 heavy (non-hydrogen) atoms. The van der Waals surface area contributed by atoms with Crippen molar-refractivity contribution in [3.8, 4) is 0 Å². The smallest absolute Gasteiger partial charge is 0.191 e. The molecule has 136 valence electrons. The first-order valence-corrected chi connectivity index (χ1v) is 10.4. The summed E-state index contributed by atoms with van der Waals surface area (Å²) in [5.74, 6) is 1.73. The van der Waals surface area contributed by atoms with E-state index in [0.717, 1.165) is 37.9 Å². The summed E-state index contributed by atoms with van der Waals surface area (Å²) in [6.07, 6.45) is 4.99. The first kappa shape index (κ1) is 19.3. The molecule has 0 spiro atoms. The van der Waals surface area contributed by atoms with Gasteiger partial charge >= 0.3 is 0 Å². The Kier molecular flexibility index (Phi) is 8.60. The summed E-state index contributed by atoms with van der Waals surface area (Å²) in [5, 5.41) is 6.93. The minimum absolute atomic E-state index is 0.773. The highest BCUT2D eigenvalue weighted by Gasteiger charge is 2.18. The van der Waals surface area contributed by atoms with Gasteiger partial charge in [0.05, 0.1) is 6.54 Å². The summed E-state index contributed by atoms with van der Waals surface area (Å²) in [4.78, 5) is 10.1. The van der Waals surface area contributed by atoms with Crippen molar-refractivity contribution in [1.29, 1.82) is 0 Å². The maximum absolute atomic E-state index is 4.75. The summed E-state index contributed by atoms with van der Waals surface area (Å²) in [5.41, 5.74) is 0. The molecule has 1 aromatic rings. The van der Waals surface area contributed by atoms with Crippen LogP contribution in [0, 0.1) is 5.92 Å². The molecule has 5 heteroatoms. The first-order chi connectivity index (χ1) is 11.7. The van der Waals surface area contributed by atoms with E-state index >= 15 is 0 Å². The van der Waals surface area contributed by atoms with E-state index in [4.69, 9.17) is 4.99 Å². The van der Waals surface area contributed by atoms with Gasteiger partial charge in [0.2, 0.25) is 0 Å². The highest BCUT2D eigenvalue weighted by Crippen LogP contribution is 2.18. The predicted molar refractivity (Wildman–Crippen MR) is 106 cm³/mol. The third kappa shape index (κ3) is 6.44. The van der Waals surface area contributed by atoms with Gasteiger partial charge in [-0.1, -0.05) is 13.8 Å². The summed E-state index contributed by atoms with van der Waals surface area (Å²) in [6, 6.07) is 4.43. The molecule has 2 rings (SSSR count). The molecule has 0 unspecified atom stereocenters. The van der Waals surface area contributed by atoms with E-state index in [2.05, 4.69) is 48.4 Å². The number of hydrogen-bond donors (Lipinski definition) is 2. The third-order valence-electron chi connectivity index (χ3n) is 4.61. The maximum atomic E-state index is 4.75. The molecule has 1 saturated heterocycles. The molecule has 0 aliphatic carbocycles. The van der Waals surface area contributed by atoms with Gasteiger partial charge in [-0.25, -0.2) is 4.99 Å². The average molecular weight is 351 g/mol. The van der Waals surface area contributed by atoms with Crippen LogP contribution < -0.4 is 10.6 Å². The predicted octanol–water partition coefficient (Wildman–Crippen LogP) is 3.49.